The second kappa shape index (κ2) is 6.58. The van der Waals surface area contributed by atoms with Crippen LogP contribution in [0.4, 0.5) is 13.2 Å². The molecule has 0 fully saturated rings. The average molecular weight is 300 g/mol. The van der Waals surface area contributed by atoms with Crippen molar-refractivity contribution in [2.75, 3.05) is 19.7 Å². The van der Waals surface area contributed by atoms with Crippen molar-refractivity contribution in [3.05, 3.63) is 16.4 Å². The number of hydrogen-bond donors (Lipinski definition) is 1. The highest BCUT2D eigenvalue weighted by molar-refractivity contribution is 6.31. The highest BCUT2D eigenvalue weighted by Gasteiger charge is 2.31. The van der Waals surface area contributed by atoms with Gasteiger partial charge in [-0.15, -0.1) is 0 Å². The molecule has 19 heavy (non-hydrogen) atoms. The number of aliphatic hydroxyl groups is 1. The van der Waals surface area contributed by atoms with Crippen molar-refractivity contribution in [3.8, 4) is 0 Å². The van der Waals surface area contributed by atoms with Crippen molar-refractivity contribution < 1.29 is 18.3 Å². The Hall–Kier alpha value is -0.790. The van der Waals surface area contributed by atoms with Gasteiger partial charge in [0, 0.05) is 19.6 Å². The minimum absolute atomic E-state index is 0.00752. The molecule has 110 valence electrons. The van der Waals surface area contributed by atoms with Gasteiger partial charge in [0.2, 0.25) is 0 Å². The van der Waals surface area contributed by atoms with Crippen LogP contribution in [0, 0.1) is 6.92 Å². The van der Waals surface area contributed by atoms with Gasteiger partial charge >= 0.3 is 6.18 Å². The average Bonchev–Trinajstić information content (AvgIpc) is 2.55. The van der Waals surface area contributed by atoms with Gasteiger partial charge in [0.15, 0.2) is 0 Å². The zero-order valence-corrected chi connectivity index (χ0v) is 11.6. The van der Waals surface area contributed by atoms with E-state index in [4.69, 9.17) is 16.7 Å². The fraction of sp³-hybridized carbons (Fsp3) is 0.727. The molecule has 0 bridgehead atoms. The predicted octanol–water partition coefficient (Wildman–Crippen LogP) is 2.22. The predicted molar refractivity (Wildman–Crippen MR) is 66.1 cm³/mol. The van der Waals surface area contributed by atoms with Gasteiger partial charge in [-0.1, -0.05) is 11.6 Å². The van der Waals surface area contributed by atoms with Crippen molar-refractivity contribution >= 4 is 11.6 Å². The Bertz CT molecular complexity index is 420. The molecule has 0 saturated carbocycles. The van der Waals surface area contributed by atoms with Crippen molar-refractivity contribution in [2.24, 2.45) is 0 Å². The van der Waals surface area contributed by atoms with E-state index in [1.807, 2.05) is 6.92 Å². The first-order valence-electron chi connectivity index (χ1n) is 5.90. The van der Waals surface area contributed by atoms with E-state index < -0.39 is 12.7 Å². The van der Waals surface area contributed by atoms with Crippen LogP contribution in [-0.4, -0.2) is 45.7 Å². The van der Waals surface area contributed by atoms with Crippen molar-refractivity contribution in [2.45, 2.75) is 33.1 Å². The Morgan fingerprint density at radius 1 is 1.42 bits per heavy atom. The molecule has 0 aliphatic rings. The molecule has 0 aliphatic carbocycles. The van der Waals surface area contributed by atoms with E-state index in [0.717, 1.165) is 4.90 Å². The van der Waals surface area contributed by atoms with E-state index >= 15 is 0 Å². The molecule has 4 nitrogen and oxygen atoms in total. The normalized spacial score (nSPS) is 12.4. The minimum atomic E-state index is -4.31. The molecule has 0 aromatic carbocycles. The van der Waals surface area contributed by atoms with Gasteiger partial charge in [-0.2, -0.15) is 18.3 Å². The number of nitrogens with zero attached hydrogens (tertiary/aromatic N) is 3. The lowest BCUT2D eigenvalue weighted by Crippen LogP contribution is -2.36. The third kappa shape index (κ3) is 4.67. The summed E-state index contributed by atoms with van der Waals surface area (Å²) >= 11 is 6.05. The van der Waals surface area contributed by atoms with Gasteiger partial charge in [-0.25, -0.2) is 0 Å². The molecule has 1 aromatic heterocycles. The van der Waals surface area contributed by atoms with E-state index in [-0.39, 0.29) is 19.7 Å². The molecule has 0 radical (unpaired) electrons. The zero-order chi connectivity index (χ0) is 14.6. The van der Waals surface area contributed by atoms with Crippen molar-refractivity contribution in [3.63, 3.8) is 0 Å². The van der Waals surface area contributed by atoms with Gasteiger partial charge in [0.05, 0.1) is 29.6 Å². The molecule has 1 N–H and O–H groups in total. The summed E-state index contributed by atoms with van der Waals surface area (Å²) in [7, 11) is 0. The fourth-order valence-electron chi connectivity index (χ4n) is 1.84. The van der Waals surface area contributed by atoms with E-state index in [9.17, 15) is 13.2 Å². The standard InChI is InChI=1S/C11H17ClF3N3O/c1-3-18-9(10(12)8(2)16-18)6-17(4-5-19)7-11(13,14)15/h19H,3-7H2,1-2H3. The second-order valence-electron chi connectivity index (χ2n) is 4.21. The Balaban J connectivity index is 2.90. The summed E-state index contributed by atoms with van der Waals surface area (Å²) in [6.07, 6.45) is -4.31. The number of halogens is 4. The molecule has 1 rings (SSSR count). The maximum atomic E-state index is 12.4. The Morgan fingerprint density at radius 3 is 2.53 bits per heavy atom. The molecule has 0 atom stereocenters. The monoisotopic (exact) mass is 299 g/mol. The smallest absolute Gasteiger partial charge is 0.395 e. The van der Waals surface area contributed by atoms with Crippen molar-refractivity contribution in [1.29, 1.82) is 0 Å². The van der Waals surface area contributed by atoms with Crippen LogP contribution in [-0.2, 0) is 13.1 Å². The third-order valence-electron chi connectivity index (χ3n) is 2.65. The maximum Gasteiger partial charge on any atom is 0.401 e. The van der Waals surface area contributed by atoms with Crippen molar-refractivity contribution in [1.82, 2.24) is 14.7 Å². The number of aryl methyl sites for hydroxylation is 2. The van der Waals surface area contributed by atoms with Crippen LogP contribution in [0.5, 0.6) is 0 Å². The number of aliphatic hydroxyl groups excluding tert-OH is 1. The van der Waals surface area contributed by atoms with Crippen LogP contribution < -0.4 is 0 Å². The molecule has 0 unspecified atom stereocenters. The molecule has 1 aromatic rings. The summed E-state index contributed by atoms with van der Waals surface area (Å²) in [5.41, 5.74) is 1.13. The van der Waals surface area contributed by atoms with Crippen LogP contribution in [0.1, 0.15) is 18.3 Å². The number of hydrogen-bond acceptors (Lipinski definition) is 3. The fourth-order valence-corrected chi connectivity index (χ4v) is 2.04. The summed E-state index contributed by atoms with van der Waals surface area (Å²) in [5, 5.41) is 13.4. The first-order valence-corrected chi connectivity index (χ1v) is 6.28. The summed E-state index contributed by atoms with van der Waals surface area (Å²) in [6.45, 7) is 2.59. The lowest BCUT2D eigenvalue weighted by atomic mass is 10.3. The van der Waals surface area contributed by atoms with Gasteiger partial charge in [-0.05, 0) is 13.8 Å². The van der Waals surface area contributed by atoms with Crippen LogP contribution in [0.25, 0.3) is 0 Å². The zero-order valence-electron chi connectivity index (χ0n) is 10.8. The lowest BCUT2D eigenvalue weighted by Gasteiger charge is -2.23. The Kier molecular flexibility index (Phi) is 5.64. The van der Waals surface area contributed by atoms with Gasteiger partial charge < -0.3 is 5.11 Å². The van der Waals surface area contributed by atoms with E-state index in [0.29, 0.717) is 23.0 Å². The van der Waals surface area contributed by atoms with Gasteiger partial charge in [-0.3, -0.25) is 9.58 Å². The highest BCUT2D eigenvalue weighted by atomic mass is 35.5. The first kappa shape index (κ1) is 16.3. The summed E-state index contributed by atoms with van der Waals surface area (Å²) < 4.78 is 38.9. The number of aromatic nitrogens is 2. The number of rotatable bonds is 6. The topological polar surface area (TPSA) is 41.3 Å². The minimum Gasteiger partial charge on any atom is -0.395 e. The highest BCUT2D eigenvalue weighted by Crippen LogP contribution is 2.24. The SMILES string of the molecule is CCn1nc(C)c(Cl)c1CN(CCO)CC(F)(F)F. The molecule has 1 heterocycles. The van der Waals surface area contributed by atoms with E-state index in [1.165, 1.54) is 0 Å². The summed E-state index contributed by atoms with van der Waals surface area (Å²) in [4.78, 5) is 1.11. The second-order valence-corrected chi connectivity index (χ2v) is 4.59. The molecular formula is C11H17ClF3N3O. The summed E-state index contributed by atoms with van der Waals surface area (Å²) in [6, 6.07) is 0. The van der Waals surface area contributed by atoms with Crippen LogP contribution in [0.2, 0.25) is 5.02 Å². The lowest BCUT2D eigenvalue weighted by molar-refractivity contribution is -0.148. The quantitative estimate of drug-likeness (QED) is 0.876. The first-order chi connectivity index (χ1) is 8.78. The summed E-state index contributed by atoms with van der Waals surface area (Å²) in [5.74, 6) is 0. The number of alkyl halides is 3. The van der Waals surface area contributed by atoms with E-state index in [2.05, 4.69) is 5.10 Å². The largest absolute Gasteiger partial charge is 0.401 e. The molecule has 0 saturated heterocycles. The van der Waals surface area contributed by atoms with Gasteiger partial charge in [0.1, 0.15) is 0 Å². The molecular weight excluding hydrogens is 283 g/mol. The van der Waals surface area contributed by atoms with Crippen LogP contribution >= 0.6 is 11.6 Å². The molecule has 8 heteroatoms. The third-order valence-corrected chi connectivity index (χ3v) is 3.14. The van der Waals surface area contributed by atoms with E-state index in [1.54, 1.807) is 11.6 Å². The maximum absolute atomic E-state index is 12.4. The van der Waals surface area contributed by atoms with Gasteiger partial charge in [0.25, 0.3) is 0 Å². The van der Waals surface area contributed by atoms with Crippen LogP contribution in [0.15, 0.2) is 0 Å². The molecule has 0 amide bonds. The Labute approximate surface area is 114 Å². The Morgan fingerprint density at radius 2 is 2.05 bits per heavy atom. The van der Waals surface area contributed by atoms with Crippen LogP contribution in [0.3, 0.4) is 0 Å². The molecule has 0 aliphatic heterocycles. The molecule has 0 spiro atoms.